The number of hydrogen-bond acceptors (Lipinski definition) is 4. The molecule has 2 aromatic heterocycles. The SMILES string of the molecule is CC(C)N1CCCC(Cc2nc3ccc(N)cn3n2)C1. The van der Waals surface area contributed by atoms with E-state index in [1.54, 1.807) is 4.52 Å². The van der Waals surface area contributed by atoms with Gasteiger partial charge in [-0.3, -0.25) is 0 Å². The molecule has 3 heterocycles. The van der Waals surface area contributed by atoms with Crippen molar-refractivity contribution in [3.05, 3.63) is 24.2 Å². The molecule has 20 heavy (non-hydrogen) atoms. The summed E-state index contributed by atoms with van der Waals surface area (Å²) in [5.41, 5.74) is 7.37. The van der Waals surface area contributed by atoms with Crippen LogP contribution in [-0.4, -0.2) is 38.6 Å². The van der Waals surface area contributed by atoms with E-state index in [0.29, 0.717) is 12.0 Å². The van der Waals surface area contributed by atoms with E-state index in [-0.39, 0.29) is 0 Å². The zero-order valence-electron chi connectivity index (χ0n) is 12.3. The van der Waals surface area contributed by atoms with Crippen molar-refractivity contribution in [2.45, 2.75) is 39.2 Å². The molecule has 0 spiro atoms. The number of piperidine rings is 1. The van der Waals surface area contributed by atoms with Gasteiger partial charge in [0.05, 0.1) is 11.9 Å². The lowest BCUT2D eigenvalue weighted by molar-refractivity contribution is 0.138. The topological polar surface area (TPSA) is 59.5 Å². The molecule has 0 aromatic carbocycles. The fourth-order valence-electron chi connectivity index (χ4n) is 3.02. The van der Waals surface area contributed by atoms with E-state index >= 15 is 0 Å². The largest absolute Gasteiger partial charge is 0.397 e. The Labute approximate surface area is 119 Å². The molecule has 1 aliphatic rings. The first-order valence-corrected chi connectivity index (χ1v) is 7.46. The summed E-state index contributed by atoms with van der Waals surface area (Å²) in [7, 11) is 0. The number of aromatic nitrogens is 3. The molecule has 3 rings (SSSR count). The number of nitrogens with two attached hydrogens (primary N) is 1. The number of nitrogens with zero attached hydrogens (tertiary/aromatic N) is 4. The lowest BCUT2D eigenvalue weighted by Gasteiger charge is -2.35. The van der Waals surface area contributed by atoms with E-state index in [1.165, 1.54) is 19.4 Å². The lowest BCUT2D eigenvalue weighted by Crippen LogP contribution is -2.40. The summed E-state index contributed by atoms with van der Waals surface area (Å²) in [5, 5.41) is 4.54. The maximum absolute atomic E-state index is 5.77. The molecule has 0 radical (unpaired) electrons. The minimum absolute atomic E-state index is 0.631. The zero-order chi connectivity index (χ0) is 14.1. The maximum Gasteiger partial charge on any atom is 0.155 e. The van der Waals surface area contributed by atoms with E-state index in [9.17, 15) is 0 Å². The molecule has 1 fully saturated rings. The Balaban J connectivity index is 1.72. The summed E-state index contributed by atoms with van der Waals surface area (Å²) in [6.45, 7) is 6.93. The number of likely N-dealkylation sites (tertiary alicyclic amines) is 1. The smallest absolute Gasteiger partial charge is 0.155 e. The van der Waals surface area contributed by atoms with Crippen molar-refractivity contribution in [1.29, 1.82) is 0 Å². The van der Waals surface area contributed by atoms with Crippen molar-refractivity contribution < 1.29 is 0 Å². The predicted molar refractivity (Wildman–Crippen MR) is 80.5 cm³/mol. The van der Waals surface area contributed by atoms with Crippen molar-refractivity contribution in [1.82, 2.24) is 19.5 Å². The Kier molecular flexibility index (Phi) is 3.61. The van der Waals surface area contributed by atoms with Crippen LogP contribution in [0.3, 0.4) is 0 Å². The van der Waals surface area contributed by atoms with Crippen molar-refractivity contribution in [3.63, 3.8) is 0 Å². The second-order valence-corrected chi connectivity index (χ2v) is 6.09. The van der Waals surface area contributed by atoms with Crippen molar-refractivity contribution in [2.75, 3.05) is 18.8 Å². The molecule has 1 aliphatic heterocycles. The molecule has 0 saturated carbocycles. The molecule has 1 saturated heterocycles. The van der Waals surface area contributed by atoms with Crippen LogP contribution in [0, 0.1) is 5.92 Å². The molecule has 5 heteroatoms. The van der Waals surface area contributed by atoms with Crippen LogP contribution in [0.1, 0.15) is 32.5 Å². The number of hydrogen-bond donors (Lipinski definition) is 1. The molecule has 2 N–H and O–H groups in total. The quantitative estimate of drug-likeness (QED) is 0.929. The summed E-state index contributed by atoms with van der Waals surface area (Å²) in [5.74, 6) is 1.60. The van der Waals surface area contributed by atoms with Crippen molar-refractivity contribution in [3.8, 4) is 0 Å². The van der Waals surface area contributed by atoms with E-state index in [2.05, 4.69) is 28.8 Å². The first-order chi connectivity index (χ1) is 9.61. The minimum atomic E-state index is 0.631. The van der Waals surface area contributed by atoms with Gasteiger partial charge in [0.2, 0.25) is 0 Å². The average molecular weight is 273 g/mol. The van der Waals surface area contributed by atoms with Gasteiger partial charge in [-0.1, -0.05) is 0 Å². The monoisotopic (exact) mass is 273 g/mol. The molecular weight excluding hydrogens is 250 g/mol. The number of rotatable bonds is 3. The van der Waals surface area contributed by atoms with E-state index in [1.807, 2.05) is 18.3 Å². The fraction of sp³-hybridized carbons (Fsp3) is 0.600. The molecule has 0 amide bonds. The van der Waals surface area contributed by atoms with Crippen LogP contribution in [-0.2, 0) is 6.42 Å². The summed E-state index contributed by atoms with van der Waals surface area (Å²) in [6.07, 6.45) is 5.35. The van der Waals surface area contributed by atoms with Gasteiger partial charge in [0.15, 0.2) is 11.5 Å². The standard InChI is InChI=1S/C15H23N5/c1-11(2)19-7-3-4-12(9-19)8-14-17-15-6-5-13(16)10-20(15)18-14/h5-6,10-12H,3-4,7-9,16H2,1-2H3. The van der Waals surface area contributed by atoms with Gasteiger partial charge in [-0.15, -0.1) is 0 Å². The number of pyridine rings is 1. The summed E-state index contributed by atoms with van der Waals surface area (Å²) in [4.78, 5) is 7.15. The molecule has 1 unspecified atom stereocenters. The normalized spacial score (nSPS) is 20.9. The first kappa shape index (κ1) is 13.4. The van der Waals surface area contributed by atoms with Gasteiger partial charge in [-0.25, -0.2) is 9.50 Å². The van der Waals surface area contributed by atoms with Crippen molar-refractivity contribution >= 4 is 11.3 Å². The van der Waals surface area contributed by atoms with Crippen LogP contribution < -0.4 is 5.73 Å². The Morgan fingerprint density at radius 2 is 2.25 bits per heavy atom. The predicted octanol–water partition coefficient (Wildman–Crippen LogP) is 1.97. The highest BCUT2D eigenvalue weighted by atomic mass is 15.3. The highest BCUT2D eigenvalue weighted by Gasteiger charge is 2.23. The van der Waals surface area contributed by atoms with Crippen LogP contribution in [0.25, 0.3) is 5.65 Å². The number of fused-ring (bicyclic) bond motifs is 1. The second-order valence-electron chi connectivity index (χ2n) is 6.09. The highest BCUT2D eigenvalue weighted by molar-refractivity contribution is 5.46. The lowest BCUT2D eigenvalue weighted by atomic mass is 9.94. The van der Waals surface area contributed by atoms with Gasteiger partial charge in [0, 0.05) is 19.0 Å². The molecule has 0 bridgehead atoms. The third-order valence-corrected chi connectivity index (χ3v) is 4.15. The van der Waals surface area contributed by atoms with Gasteiger partial charge in [-0.2, -0.15) is 5.10 Å². The third kappa shape index (κ3) is 2.77. The molecule has 1 atom stereocenters. The Morgan fingerprint density at radius 3 is 3.05 bits per heavy atom. The molecule has 2 aromatic rings. The molecule has 108 valence electrons. The molecular formula is C15H23N5. The van der Waals surface area contributed by atoms with Gasteiger partial charge in [-0.05, 0) is 51.3 Å². The summed E-state index contributed by atoms with van der Waals surface area (Å²) in [6, 6.07) is 4.42. The van der Waals surface area contributed by atoms with Gasteiger partial charge in [0.1, 0.15) is 0 Å². The van der Waals surface area contributed by atoms with Gasteiger partial charge in [0.25, 0.3) is 0 Å². The molecule has 5 nitrogen and oxygen atoms in total. The minimum Gasteiger partial charge on any atom is -0.397 e. The zero-order valence-corrected chi connectivity index (χ0v) is 12.3. The molecule has 0 aliphatic carbocycles. The van der Waals surface area contributed by atoms with Crippen LogP contribution in [0.4, 0.5) is 5.69 Å². The second kappa shape index (κ2) is 5.40. The summed E-state index contributed by atoms with van der Waals surface area (Å²) < 4.78 is 1.79. The fourth-order valence-corrected chi connectivity index (χ4v) is 3.02. The van der Waals surface area contributed by atoms with Crippen LogP contribution in [0.2, 0.25) is 0 Å². The van der Waals surface area contributed by atoms with Crippen LogP contribution in [0.15, 0.2) is 18.3 Å². The highest BCUT2D eigenvalue weighted by Crippen LogP contribution is 2.21. The van der Waals surface area contributed by atoms with Crippen molar-refractivity contribution in [2.24, 2.45) is 5.92 Å². The van der Waals surface area contributed by atoms with E-state index < -0.39 is 0 Å². The Hall–Kier alpha value is -1.62. The third-order valence-electron chi connectivity index (χ3n) is 4.15. The Bertz CT molecular complexity index is 589. The summed E-state index contributed by atoms with van der Waals surface area (Å²) >= 11 is 0. The number of anilines is 1. The van der Waals surface area contributed by atoms with Gasteiger partial charge < -0.3 is 10.6 Å². The Morgan fingerprint density at radius 1 is 1.40 bits per heavy atom. The van der Waals surface area contributed by atoms with E-state index in [4.69, 9.17) is 5.73 Å². The van der Waals surface area contributed by atoms with E-state index in [0.717, 1.165) is 30.1 Å². The average Bonchev–Trinajstić information content (AvgIpc) is 2.80. The first-order valence-electron chi connectivity index (χ1n) is 7.46. The maximum atomic E-state index is 5.77. The van der Waals surface area contributed by atoms with Gasteiger partial charge >= 0.3 is 0 Å². The number of nitrogen functional groups attached to an aromatic ring is 1. The van der Waals surface area contributed by atoms with Crippen LogP contribution >= 0.6 is 0 Å². The van der Waals surface area contributed by atoms with Crippen LogP contribution in [0.5, 0.6) is 0 Å².